The van der Waals surface area contributed by atoms with Gasteiger partial charge in [-0.15, -0.1) is 0 Å². The number of phenolic OH excluding ortho intramolecular Hbond substituents is 4. The Hall–Kier alpha value is -5.22. The number of phenols is 4. The topological polar surface area (TPSA) is 236 Å². The Morgan fingerprint density at radius 1 is 0.500 bits per heavy atom. The molecule has 1 saturated heterocycles. The summed E-state index contributed by atoms with van der Waals surface area (Å²) < 4.78 is 23.3. The highest BCUT2D eigenvalue weighted by atomic mass is 16.6. The molecule has 1 fully saturated rings. The monoisotopic (exact) mass is 1060 g/mol. The minimum atomic E-state index is -1.47. The van der Waals surface area contributed by atoms with Gasteiger partial charge in [0.2, 0.25) is 0 Å². The average molecular weight is 1060 g/mol. The summed E-state index contributed by atoms with van der Waals surface area (Å²) >= 11 is 0. The van der Waals surface area contributed by atoms with Crippen molar-refractivity contribution in [3.63, 3.8) is 0 Å². The van der Waals surface area contributed by atoms with Gasteiger partial charge in [0.05, 0.1) is 32.0 Å². The van der Waals surface area contributed by atoms with Gasteiger partial charge in [-0.2, -0.15) is 0 Å². The van der Waals surface area contributed by atoms with Gasteiger partial charge in [0, 0.05) is 36.5 Å². The van der Waals surface area contributed by atoms with Crippen LogP contribution in [0.3, 0.4) is 0 Å². The highest BCUT2D eigenvalue weighted by Crippen LogP contribution is 2.46. The van der Waals surface area contributed by atoms with Gasteiger partial charge in [0.25, 0.3) is 0 Å². The van der Waals surface area contributed by atoms with Crippen LogP contribution >= 0.6 is 0 Å². The standard InChI is InChI=1S/C62H88O14/c1-56(2,3)45-27-38(15-19-49(45)67)60(13,39-16-20-50(68)46(28-39)57(4,5)6)25-23-54(71)74-34-42(64)31-62(53-37-73-53,76-36-44(66)33-63)32-43(65)35-75-55(72)24-26-61(14,40-17-21-51(69)47(29-40)58(7,8)9)41-18-22-52(70)48(30-41)59(10,11)12/h15-22,27-30,42-44,53,63-70H,23-26,31-37H2,1-14H3. The molecular formula is C62H88O14. The number of benzene rings is 4. The molecule has 4 aromatic carbocycles. The maximum atomic E-state index is 13.7. The molecule has 76 heavy (non-hydrogen) atoms. The van der Waals surface area contributed by atoms with E-state index in [1.54, 1.807) is 24.3 Å². The number of ether oxygens (including phenoxy) is 4. The molecule has 420 valence electrons. The summed E-state index contributed by atoms with van der Waals surface area (Å²) in [5.74, 6) is -0.570. The second-order valence-electron chi connectivity index (χ2n) is 25.7. The summed E-state index contributed by atoms with van der Waals surface area (Å²) in [6.07, 6.45) is -4.68. The number of aliphatic hydroxyl groups excluding tert-OH is 4. The Labute approximate surface area is 451 Å². The number of carbonyl (C=O) groups excluding carboxylic acids is 2. The first-order valence-corrected chi connectivity index (χ1v) is 26.6. The van der Waals surface area contributed by atoms with Crippen molar-refractivity contribution >= 4 is 11.9 Å². The molecule has 0 aromatic heterocycles. The van der Waals surface area contributed by atoms with Crippen molar-refractivity contribution in [1.82, 2.24) is 0 Å². The third-order valence-corrected chi connectivity index (χ3v) is 15.2. The quantitative estimate of drug-likeness (QED) is 0.0255. The summed E-state index contributed by atoms with van der Waals surface area (Å²) in [6.45, 7) is 26.4. The SMILES string of the molecule is CC(C)(C)c1cc(C(C)(CCC(=O)OCC(O)CC(CC(O)COC(=O)CCC(C)(c2ccc(O)c(C(C)(C)C)c2)c2ccc(O)c(C(C)(C)C)c2)(OCC(O)CO)C2CO2)c2ccc(O)c(C(C)(C)C)c2)ccc1O. The Balaban J connectivity index is 1.31. The lowest BCUT2D eigenvalue weighted by Gasteiger charge is -2.36. The molecule has 0 bridgehead atoms. The van der Waals surface area contributed by atoms with E-state index < -0.39 is 94.3 Å². The van der Waals surface area contributed by atoms with Crippen LogP contribution in [-0.4, -0.2) is 116 Å². The van der Waals surface area contributed by atoms with Crippen molar-refractivity contribution in [3.05, 3.63) is 117 Å². The summed E-state index contributed by atoms with van der Waals surface area (Å²) in [5, 5.41) is 86.6. The maximum Gasteiger partial charge on any atom is 0.305 e. The Kier molecular flexibility index (Phi) is 19.3. The van der Waals surface area contributed by atoms with E-state index in [0.717, 1.165) is 44.5 Å². The fourth-order valence-electron chi connectivity index (χ4n) is 10.2. The van der Waals surface area contributed by atoms with Crippen LogP contribution in [0.25, 0.3) is 0 Å². The molecule has 8 N–H and O–H groups in total. The lowest BCUT2D eigenvalue weighted by atomic mass is 9.70. The van der Waals surface area contributed by atoms with Crippen molar-refractivity contribution in [2.75, 3.05) is 33.0 Å². The number of rotatable bonds is 23. The van der Waals surface area contributed by atoms with Crippen LogP contribution in [0, 0.1) is 0 Å². The van der Waals surface area contributed by atoms with Crippen molar-refractivity contribution < 1.29 is 69.4 Å². The normalized spacial score (nSPS) is 16.6. The third kappa shape index (κ3) is 15.3. The first-order valence-electron chi connectivity index (χ1n) is 26.6. The molecule has 4 atom stereocenters. The molecule has 14 heteroatoms. The summed E-state index contributed by atoms with van der Waals surface area (Å²) in [4.78, 5) is 27.4. The minimum Gasteiger partial charge on any atom is -0.508 e. The summed E-state index contributed by atoms with van der Waals surface area (Å²) in [6, 6.07) is 21.8. The van der Waals surface area contributed by atoms with Crippen molar-refractivity contribution in [2.24, 2.45) is 0 Å². The minimum absolute atomic E-state index is 0.0697. The highest BCUT2D eigenvalue weighted by Gasteiger charge is 2.51. The van der Waals surface area contributed by atoms with Crippen molar-refractivity contribution in [2.45, 2.75) is 198 Å². The van der Waals surface area contributed by atoms with Crippen LogP contribution < -0.4 is 0 Å². The van der Waals surface area contributed by atoms with Gasteiger partial charge in [-0.3, -0.25) is 9.59 Å². The van der Waals surface area contributed by atoms with E-state index >= 15 is 0 Å². The molecule has 1 aliphatic rings. The van der Waals surface area contributed by atoms with E-state index in [2.05, 4.69) is 0 Å². The van der Waals surface area contributed by atoms with Gasteiger partial charge in [-0.05, 0) is 103 Å². The van der Waals surface area contributed by atoms with E-state index in [0.29, 0.717) is 0 Å². The molecule has 4 unspecified atom stereocenters. The van der Waals surface area contributed by atoms with Gasteiger partial charge in [-0.1, -0.05) is 145 Å². The molecule has 4 aromatic rings. The fraction of sp³-hybridized carbons (Fsp3) is 0.581. The largest absolute Gasteiger partial charge is 0.508 e. The molecule has 0 spiro atoms. The smallest absolute Gasteiger partial charge is 0.305 e. The summed E-state index contributed by atoms with van der Waals surface area (Å²) in [7, 11) is 0. The maximum absolute atomic E-state index is 13.7. The Morgan fingerprint density at radius 2 is 0.789 bits per heavy atom. The predicted octanol–water partition coefficient (Wildman–Crippen LogP) is 9.67. The van der Waals surface area contributed by atoms with E-state index in [4.69, 9.17) is 18.9 Å². The van der Waals surface area contributed by atoms with Crippen LogP contribution in [0.5, 0.6) is 23.0 Å². The molecule has 5 rings (SSSR count). The number of esters is 2. The first-order chi connectivity index (χ1) is 35.0. The Morgan fingerprint density at radius 3 is 1.04 bits per heavy atom. The van der Waals surface area contributed by atoms with E-state index in [9.17, 15) is 50.4 Å². The molecule has 0 saturated carbocycles. The van der Waals surface area contributed by atoms with Crippen LogP contribution in [0.15, 0.2) is 72.8 Å². The summed E-state index contributed by atoms with van der Waals surface area (Å²) in [5.41, 5.74) is 1.67. The fourth-order valence-corrected chi connectivity index (χ4v) is 10.2. The number of aromatic hydroxyl groups is 4. The molecule has 1 aliphatic heterocycles. The van der Waals surface area contributed by atoms with Crippen molar-refractivity contribution in [3.8, 4) is 23.0 Å². The van der Waals surface area contributed by atoms with E-state index in [1.165, 1.54) is 0 Å². The van der Waals surface area contributed by atoms with Gasteiger partial charge in [-0.25, -0.2) is 0 Å². The Bertz CT molecular complexity index is 2330. The van der Waals surface area contributed by atoms with Gasteiger partial charge in [0.15, 0.2) is 0 Å². The number of hydrogen-bond acceptors (Lipinski definition) is 14. The molecule has 14 nitrogen and oxygen atoms in total. The number of epoxide rings is 1. The lowest BCUT2D eigenvalue weighted by molar-refractivity contribution is -0.160. The second-order valence-corrected chi connectivity index (χ2v) is 25.7. The lowest BCUT2D eigenvalue weighted by Crippen LogP contribution is -2.48. The van der Waals surface area contributed by atoms with Crippen LogP contribution in [-0.2, 0) is 61.0 Å². The van der Waals surface area contributed by atoms with Gasteiger partial charge < -0.3 is 59.8 Å². The van der Waals surface area contributed by atoms with E-state index in [-0.39, 0.29) is 74.7 Å². The van der Waals surface area contributed by atoms with Gasteiger partial charge in [0.1, 0.15) is 54.0 Å². The van der Waals surface area contributed by atoms with Crippen molar-refractivity contribution in [1.29, 1.82) is 0 Å². The van der Waals surface area contributed by atoms with Crippen LogP contribution in [0.4, 0.5) is 0 Å². The zero-order valence-corrected chi connectivity index (χ0v) is 47.5. The molecule has 0 amide bonds. The third-order valence-electron chi connectivity index (χ3n) is 15.2. The molecular weight excluding hydrogens is 969 g/mol. The van der Waals surface area contributed by atoms with Gasteiger partial charge >= 0.3 is 11.9 Å². The molecule has 1 heterocycles. The highest BCUT2D eigenvalue weighted by molar-refractivity contribution is 5.70. The number of aliphatic hydroxyl groups is 4. The first kappa shape index (κ1) is 61.6. The van der Waals surface area contributed by atoms with Crippen LogP contribution in [0.1, 0.15) is 180 Å². The number of hydrogen-bond donors (Lipinski definition) is 8. The average Bonchev–Trinajstić information content (AvgIpc) is 4.19. The zero-order chi connectivity index (χ0) is 57.0. The predicted molar refractivity (Wildman–Crippen MR) is 293 cm³/mol. The zero-order valence-electron chi connectivity index (χ0n) is 47.5. The van der Waals surface area contributed by atoms with E-state index in [1.807, 2.05) is 145 Å². The van der Waals surface area contributed by atoms with Crippen LogP contribution in [0.2, 0.25) is 0 Å². The molecule has 0 aliphatic carbocycles. The second kappa shape index (κ2) is 23.8. The molecule has 0 radical (unpaired) electrons. The number of carbonyl (C=O) groups is 2.